The quantitative estimate of drug-likeness (QED) is 0.284. The summed E-state index contributed by atoms with van der Waals surface area (Å²) < 4.78 is 7.07. The van der Waals surface area contributed by atoms with E-state index in [4.69, 9.17) is 4.74 Å². The molecule has 0 fully saturated rings. The maximum atomic E-state index is 12.7. The third-order valence-corrected chi connectivity index (χ3v) is 5.19. The summed E-state index contributed by atoms with van der Waals surface area (Å²) in [6, 6.07) is 15.7. The van der Waals surface area contributed by atoms with Gasteiger partial charge in [-0.3, -0.25) is 14.9 Å². The van der Waals surface area contributed by atoms with E-state index >= 15 is 0 Å². The number of carbonyl (C=O) groups is 2. The standard InChI is InChI=1S/C22H22N4O5S/c1-32-13-11-20(23-21(27)16-6-5-9-19(14-16)26(29)30)22(28)31-15-17-10-12-25(24-17)18-7-3-2-4-8-18/h2-10,12,14,20H,11,13,15H2,1H3,(H,23,27). The minimum absolute atomic E-state index is 0.0406. The van der Waals surface area contributed by atoms with E-state index in [1.165, 1.54) is 36.0 Å². The highest BCUT2D eigenvalue weighted by Crippen LogP contribution is 2.14. The van der Waals surface area contributed by atoms with Crippen molar-refractivity contribution in [1.29, 1.82) is 0 Å². The van der Waals surface area contributed by atoms with Crippen molar-refractivity contribution in [2.24, 2.45) is 0 Å². The van der Waals surface area contributed by atoms with Crippen LogP contribution in [0.1, 0.15) is 22.5 Å². The van der Waals surface area contributed by atoms with Crippen LogP contribution in [-0.4, -0.2) is 44.6 Å². The Morgan fingerprint density at radius 3 is 2.69 bits per heavy atom. The number of hydrogen-bond donors (Lipinski definition) is 1. The Kier molecular flexibility index (Phi) is 7.98. The second-order valence-corrected chi connectivity index (χ2v) is 7.80. The van der Waals surface area contributed by atoms with Gasteiger partial charge < -0.3 is 10.1 Å². The normalized spacial score (nSPS) is 11.5. The Morgan fingerprint density at radius 2 is 1.97 bits per heavy atom. The average molecular weight is 455 g/mol. The molecule has 3 aromatic rings. The number of non-ortho nitro benzene ring substituents is 1. The number of thioether (sulfide) groups is 1. The van der Waals surface area contributed by atoms with E-state index in [0.29, 0.717) is 17.9 Å². The summed E-state index contributed by atoms with van der Waals surface area (Å²) >= 11 is 1.53. The van der Waals surface area contributed by atoms with E-state index in [-0.39, 0.29) is 17.9 Å². The number of esters is 1. The molecule has 32 heavy (non-hydrogen) atoms. The lowest BCUT2D eigenvalue weighted by molar-refractivity contribution is -0.384. The van der Waals surface area contributed by atoms with Gasteiger partial charge in [0, 0.05) is 23.9 Å². The van der Waals surface area contributed by atoms with Crippen molar-refractivity contribution in [3.63, 3.8) is 0 Å². The fraction of sp³-hybridized carbons (Fsp3) is 0.227. The molecule has 2 aromatic carbocycles. The topological polar surface area (TPSA) is 116 Å². The van der Waals surface area contributed by atoms with E-state index in [1.54, 1.807) is 16.9 Å². The summed E-state index contributed by atoms with van der Waals surface area (Å²) in [6.07, 6.45) is 4.02. The highest BCUT2D eigenvalue weighted by Gasteiger charge is 2.23. The number of aromatic nitrogens is 2. The number of nitrogens with zero attached hydrogens (tertiary/aromatic N) is 3. The monoisotopic (exact) mass is 454 g/mol. The number of carbonyl (C=O) groups excluding carboxylic acids is 2. The number of nitro groups is 1. The number of hydrogen-bond acceptors (Lipinski definition) is 7. The summed E-state index contributed by atoms with van der Waals surface area (Å²) in [5.41, 5.74) is 1.35. The predicted octanol–water partition coefficient (Wildman–Crippen LogP) is 3.38. The fourth-order valence-corrected chi connectivity index (χ4v) is 3.37. The van der Waals surface area contributed by atoms with Crippen molar-refractivity contribution >= 4 is 29.3 Å². The number of nitrogens with one attached hydrogen (secondary N) is 1. The third-order valence-electron chi connectivity index (χ3n) is 4.55. The molecule has 0 aliphatic carbocycles. The summed E-state index contributed by atoms with van der Waals surface area (Å²) in [5.74, 6) is -0.547. The van der Waals surface area contributed by atoms with Gasteiger partial charge in [-0.15, -0.1) is 0 Å². The van der Waals surface area contributed by atoms with Crippen LogP contribution in [0.25, 0.3) is 5.69 Å². The first-order valence-corrected chi connectivity index (χ1v) is 11.2. The lowest BCUT2D eigenvalue weighted by Crippen LogP contribution is -2.42. The number of nitro benzene ring substituents is 1. The lowest BCUT2D eigenvalue weighted by Gasteiger charge is -2.17. The minimum atomic E-state index is -0.884. The van der Waals surface area contributed by atoms with Crippen molar-refractivity contribution < 1.29 is 19.2 Å². The predicted molar refractivity (Wildman–Crippen MR) is 121 cm³/mol. The van der Waals surface area contributed by atoms with E-state index < -0.39 is 22.8 Å². The van der Waals surface area contributed by atoms with Crippen molar-refractivity contribution in [3.05, 3.63) is 88.2 Å². The zero-order chi connectivity index (χ0) is 22.9. The van der Waals surface area contributed by atoms with Gasteiger partial charge >= 0.3 is 5.97 Å². The molecule has 1 atom stereocenters. The summed E-state index contributed by atoms with van der Waals surface area (Å²) in [4.78, 5) is 35.6. The van der Waals surface area contributed by atoms with Gasteiger partial charge in [-0.25, -0.2) is 9.48 Å². The summed E-state index contributed by atoms with van der Waals surface area (Å²) in [5, 5.41) is 18.0. The van der Waals surface area contributed by atoms with Crippen LogP contribution in [0.2, 0.25) is 0 Å². The number of ether oxygens (including phenoxy) is 1. The van der Waals surface area contributed by atoms with E-state index in [0.717, 1.165) is 5.69 Å². The van der Waals surface area contributed by atoms with Crippen LogP contribution in [-0.2, 0) is 16.1 Å². The van der Waals surface area contributed by atoms with Gasteiger partial charge in [-0.05, 0) is 42.7 Å². The summed E-state index contributed by atoms with van der Waals surface area (Å²) in [6.45, 7) is -0.0406. The molecular weight excluding hydrogens is 432 g/mol. The molecule has 1 N–H and O–H groups in total. The average Bonchev–Trinajstić information content (AvgIpc) is 3.30. The largest absolute Gasteiger partial charge is 0.458 e. The Morgan fingerprint density at radius 1 is 1.19 bits per heavy atom. The molecule has 0 aliphatic heterocycles. The first kappa shape index (κ1) is 23.0. The summed E-state index contributed by atoms with van der Waals surface area (Å²) in [7, 11) is 0. The van der Waals surface area contributed by atoms with Crippen molar-refractivity contribution in [1.82, 2.24) is 15.1 Å². The van der Waals surface area contributed by atoms with E-state index in [2.05, 4.69) is 10.4 Å². The van der Waals surface area contributed by atoms with Gasteiger partial charge in [0.25, 0.3) is 11.6 Å². The molecule has 9 nitrogen and oxygen atoms in total. The Labute approximate surface area is 188 Å². The van der Waals surface area contributed by atoms with Gasteiger partial charge in [0.2, 0.25) is 0 Å². The van der Waals surface area contributed by atoms with Crippen LogP contribution in [0.5, 0.6) is 0 Å². The Balaban J connectivity index is 1.63. The van der Waals surface area contributed by atoms with Crippen LogP contribution in [0.4, 0.5) is 5.69 Å². The molecule has 0 bridgehead atoms. The van der Waals surface area contributed by atoms with Gasteiger partial charge in [0.05, 0.1) is 10.6 Å². The first-order valence-electron chi connectivity index (χ1n) is 9.79. The minimum Gasteiger partial charge on any atom is -0.458 e. The SMILES string of the molecule is CSCCC(NC(=O)c1cccc([N+](=O)[O-])c1)C(=O)OCc1ccn(-c2ccccc2)n1. The molecule has 0 radical (unpaired) electrons. The molecular formula is C22H22N4O5S. The fourth-order valence-electron chi connectivity index (χ4n) is 2.90. The van der Waals surface area contributed by atoms with E-state index in [9.17, 15) is 19.7 Å². The van der Waals surface area contributed by atoms with Crippen LogP contribution >= 0.6 is 11.8 Å². The van der Waals surface area contributed by atoms with Crippen LogP contribution in [0, 0.1) is 10.1 Å². The molecule has 10 heteroatoms. The zero-order valence-electron chi connectivity index (χ0n) is 17.3. The number of rotatable bonds is 10. The van der Waals surface area contributed by atoms with Gasteiger partial charge in [0.15, 0.2) is 0 Å². The molecule has 0 aliphatic rings. The van der Waals surface area contributed by atoms with Crippen molar-refractivity contribution in [2.45, 2.75) is 19.1 Å². The number of amides is 1. The Hall–Kier alpha value is -3.66. The molecule has 166 valence electrons. The second-order valence-electron chi connectivity index (χ2n) is 6.81. The van der Waals surface area contributed by atoms with Crippen LogP contribution < -0.4 is 5.32 Å². The Bertz CT molecular complexity index is 1090. The third kappa shape index (κ3) is 6.17. The van der Waals surface area contributed by atoms with E-state index in [1.807, 2.05) is 36.6 Å². The first-order chi connectivity index (χ1) is 15.5. The molecule has 1 aromatic heterocycles. The van der Waals surface area contributed by atoms with Gasteiger partial charge in [-0.1, -0.05) is 24.3 Å². The zero-order valence-corrected chi connectivity index (χ0v) is 18.2. The van der Waals surface area contributed by atoms with Crippen molar-refractivity contribution in [3.8, 4) is 5.69 Å². The highest BCUT2D eigenvalue weighted by atomic mass is 32.2. The molecule has 1 unspecified atom stereocenters. The maximum Gasteiger partial charge on any atom is 0.329 e. The molecule has 0 spiro atoms. The number of benzene rings is 2. The molecule has 1 heterocycles. The molecule has 0 saturated carbocycles. The van der Waals surface area contributed by atoms with Crippen LogP contribution in [0.3, 0.4) is 0 Å². The lowest BCUT2D eigenvalue weighted by atomic mass is 10.1. The number of para-hydroxylation sites is 1. The molecule has 1 amide bonds. The molecule has 3 rings (SSSR count). The maximum absolute atomic E-state index is 12.7. The second kappa shape index (κ2) is 11.1. The smallest absolute Gasteiger partial charge is 0.329 e. The highest BCUT2D eigenvalue weighted by molar-refractivity contribution is 7.98. The van der Waals surface area contributed by atoms with Crippen molar-refractivity contribution in [2.75, 3.05) is 12.0 Å². The van der Waals surface area contributed by atoms with Crippen LogP contribution in [0.15, 0.2) is 66.9 Å². The molecule has 0 saturated heterocycles. The van der Waals surface area contributed by atoms with Gasteiger partial charge in [-0.2, -0.15) is 16.9 Å². The van der Waals surface area contributed by atoms with Gasteiger partial charge in [0.1, 0.15) is 18.3 Å².